The highest BCUT2D eigenvalue weighted by molar-refractivity contribution is 5.72. The molecule has 1 heterocycles. The maximum Gasteiger partial charge on any atom is 0.275 e. The van der Waals surface area contributed by atoms with Gasteiger partial charge in [-0.05, 0) is 30.7 Å². The van der Waals surface area contributed by atoms with Gasteiger partial charge in [0.25, 0.3) is 5.69 Å². The molecule has 0 radical (unpaired) electrons. The number of oxazole rings is 1. The molecule has 0 aliphatic rings. The highest BCUT2D eigenvalue weighted by Crippen LogP contribution is 2.22. The van der Waals surface area contributed by atoms with Crippen molar-refractivity contribution in [2.24, 2.45) is 0 Å². The van der Waals surface area contributed by atoms with Crippen molar-refractivity contribution in [1.29, 1.82) is 0 Å². The van der Waals surface area contributed by atoms with Crippen molar-refractivity contribution in [3.63, 3.8) is 0 Å². The van der Waals surface area contributed by atoms with Gasteiger partial charge in [0.1, 0.15) is 12.1 Å². The van der Waals surface area contributed by atoms with Crippen molar-refractivity contribution in [3.8, 4) is 0 Å². The van der Waals surface area contributed by atoms with E-state index in [1.165, 1.54) is 6.07 Å². The van der Waals surface area contributed by atoms with Crippen LogP contribution in [0.15, 0.2) is 46.9 Å². The second-order valence-electron chi connectivity index (χ2n) is 4.96. The number of nitrogens with zero attached hydrogens (tertiary/aromatic N) is 2. The monoisotopic (exact) mass is 298 g/mol. The fraction of sp³-hybridized carbons (Fsp3) is 0.188. The molecule has 6 heteroatoms. The number of hydrogen-bond donors (Lipinski definition) is 0. The summed E-state index contributed by atoms with van der Waals surface area (Å²) < 4.78 is 11.0. The number of benzene rings is 2. The van der Waals surface area contributed by atoms with E-state index >= 15 is 0 Å². The zero-order valence-electron chi connectivity index (χ0n) is 12.0. The lowest BCUT2D eigenvalue weighted by atomic mass is 10.1. The Hall–Kier alpha value is -2.73. The molecule has 0 bridgehead atoms. The van der Waals surface area contributed by atoms with E-state index in [1.807, 2.05) is 37.3 Å². The molecule has 6 nitrogen and oxygen atoms in total. The van der Waals surface area contributed by atoms with Crippen LogP contribution in [0.1, 0.15) is 17.0 Å². The highest BCUT2D eigenvalue weighted by atomic mass is 16.6. The SMILES string of the molecule is Cc1ccc(COCc2nc3ccccc3o2)c([N+](=O)[O-])c1. The van der Waals surface area contributed by atoms with E-state index in [2.05, 4.69) is 4.98 Å². The van der Waals surface area contributed by atoms with Gasteiger partial charge in [0.05, 0.1) is 17.1 Å². The van der Waals surface area contributed by atoms with Crippen LogP contribution in [0.3, 0.4) is 0 Å². The molecule has 0 aliphatic heterocycles. The summed E-state index contributed by atoms with van der Waals surface area (Å²) in [6, 6.07) is 12.5. The van der Waals surface area contributed by atoms with Crippen molar-refractivity contribution in [2.75, 3.05) is 0 Å². The quantitative estimate of drug-likeness (QED) is 0.529. The second-order valence-corrected chi connectivity index (χ2v) is 4.96. The summed E-state index contributed by atoms with van der Waals surface area (Å²) in [7, 11) is 0. The molecule has 0 unspecified atom stereocenters. The van der Waals surface area contributed by atoms with E-state index in [1.54, 1.807) is 6.07 Å². The summed E-state index contributed by atoms with van der Waals surface area (Å²) in [5.74, 6) is 0.455. The Balaban J connectivity index is 1.69. The van der Waals surface area contributed by atoms with Crippen LogP contribution < -0.4 is 0 Å². The summed E-state index contributed by atoms with van der Waals surface area (Å²) >= 11 is 0. The van der Waals surface area contributed by atoms with Gasteiger partial charge in [-0.2, -0.15) is 0 Å². The molecular weight excluding hydrogens is 284 g/mol. The minimum atomic E-state index is -0.398. The lowest BCUT2D eigenvalue weighted by Crippen LogP contribution is -1.99. The highest BCUT2D eigenvalue weighted by Gasteiger charge is 2.14. The van der Waals surface area contributed by atoms with Gasteiger partial charge in [0, 0.05) is 6.07 Å². The lowest BCUT2D eigenvalue weighted by Gasteiger charge is -2.04. The third-order valence-electron chi connectivity index (χ3n) is 3.26. The van der Waals surface area contributed by atoms with Gasteiger partial charge in [0.15, 0.2) is 5.58 Å². The third kappa shape index (κ3) is 2.96. The van der Waals surface area contributed by atoms with E-state index in [-0.39, 0.29) is 18.9 Å². The predicted molar refractivity (Wildman–Crippen MR) is 80.3 cm³/mol. The third-order valence-corrected chi connectivity index (χ3v) is 3.26. The molecule has 1 aromatic heterocycles. The maximum absolute atomic E-state index is 11.0. The normalized spacial score (nSPS) is 11.0. The molecule has 0 spiro atoms. The molecule has 2 aromatic carbocycles. The Morgan fingerprint density at radius 3 is 2.82 bits per heavy atom. The van der Waals surface area contributed by atoms with E-state index in [9.17, 15) is 10.1 Å². The van der Waals surface area contributed by atoms with Gasteiger partial charge in [-0.1, -0.05) is 18.2 Å². The number of aryl methyl sites for hydroxylation is 1. The minimum Gasteiger partial charge on any atom is -0.438 e. The molecule has 0 N–H and O–H groups in total. The molecule has 3 aromatic rings. The van der Waals surface area contributed by atoms with Crippen molar-refractivity contribution >= 4 is 16.8 Å². The first-order valence-corrected chi connectivity index (χ1v) is 6.79. The molecule has 3 rings (SSSR count). The fourth-order valence-corrected chi connectivity index (χ4v) is 2.20. The number of hydrogen-bond acceptors (Lipinski definition) is 5. The molecule has 0 saturated carbocycles. The first kappa shape index (κ1) is 14.2. The number of para-hydroxylation sites is 2. The van der Waals surface area contributed by atoms with Crippen molar-refractivity contribution in [3.05, 3.63) is 69.6 Å². The Kier molecular flexibility index (Phi) is 3.84. The number of fused-ring (bicyclic) bond motifs is 1. The maximum atomic E-state index is 11.0. The van der Waals surface area contributed by atoms with Crippen LogP contribution in [0.5, 0.6) is 0 Å². The van der Waals surface area contributed by atoms with Crippen LogP contribution in [0.25, 0.3) is 11.1 Å². The van der Waals surface area contributed by atoms with Crippen LogP contribution in [0, 0.1) is 17.0 Å². The zero-order chi connectivity index (χ0) is 15.5. The molecule has 0 fully saturated rings. The number of ether oxygens (including phenoxy) is 1. The van der Waals surface area contributed by atoms with E-state index in [0.717, 1.165) is 11.1 Å². The minimum absolute atomic E-state index is 0.0672. The Morgan fingerprint density at radius 2 is 2.05 bits per heavy atom. The smallest absolute Gasteiger partial charge is 0.275 e. The topological polar surface area (TPSA) is 78.4 Å². The van der Waals surface area contributed by atoms with Gasteiger partial charge in [-0.15, -0.1) is 0 Å². The zero-order valence-corrected chi connectivity index (χ0v) is 12.0. The lowest BCUT2D eigenvalue weighted by molar-refractivity contribution is -0.386. The standard InChI is InChI=1S/C16H14N2O4/c1-11-6-7-12(14(8-11)18(19)20)9-21-10-16-17-13-4-2-3-5-15(13)22-16/h2-8H,9-10H2,1H3. The predicted octanol–water partition coefficient (Wildman–Crippen LogP) is 3.76. The molecule has 0 saturated heterocycles. The molecule has 112 valence electrons. The first-order valence-electron chi connectivity index (χ1n) is 6.79. The van der Waals surface area contributed by atoms with Crippen molar-refractivity contribution < 1.29 is 14.1 Å². The van der Waals surface area contributed by atoms with Crippen LogP contribution in [-0.2, 0) is 18.0 Å². The summed E-state index contributed by atoms with van der Waals surface area (Å²) in [6.07, 6.45) is 0. The largest absolute Gasteiger partial charge is 0.438 e. The second kappa shape index (κ2) is 5.95. The van der Waals surface area contributed by atoms with Gasteiger partial charge in [0.2, 0.25) is 5.89 Å². The molecule has 0 aliphatic carbocycles. The number of nitro groups is 1. The summed E-state index contributed by atoms with van der Waals surface area (Å²) in [6.45, 7) is 2.12. The van der Waals surface area contributed by atoms with Crippen LogP contribution in [0.2, 0.25) is 0 Å². The van der Waals surface area contributed by atoms with E-state index < -0.39 is 4.92 Å². The number of rotatable bonds is 5. The summed E-state index contributed by atoms with van der Waals surface area (Å²) in [4.78, 5) is 14.9. The molecular formula is C16H14N2O4. The van der Waals surface area contributed by atoms with Gasteiger partial charge >= 0.3 is 0 Å². The van der Waals surface area contributed by atoms with Crippen molar-refractivity contribution in [2.45, 2.75) is 20.1 Å². The Bertz CT molecular complexity index is 793. The Labute approximate surface area is 126 Å². The fourth-order valence-electron chi connectivity index (χ4n) is 2.20. The van der Waals surface area contributed by atoms with Gasteiger partial charge in [-0.25, -0.2) is 4.98 Å². The molecule has 22 heavy (non-hydrogen) atoms. The number of aromatic nitrogens is 1. The molecule has 0 atom stereocenters. The van der Waals surface area contributed by atoms with Crippen LogP contribution in [0.4, 0.5) is 5.69 Å². The number of nitro benzene ring substituents is 1. The average molecular weight is 298 g/mol. The van der Waals surface area contributed by atoms with Crippen LogP contribution in [-0.4, -0.2) is 9.91 Å². The van der Waals surface area contributed by atoms with Gasteiger partial charge in [-0.3, -0.25) is 10.1 Å². The molecule has 0 amide bonds. The summed E-state index contributed by atoms with van der Waals surface area (Å²) in [5.41, 5.74) is 2.91. The van der Waals surface area contributed by atoms with E-state index in [4.69, 9.17) is 9.15 Å². The Morgan fingerprint density at radius 1 is 1.23 bits per heavy atom. The van der Waals surface area contributed by atoms with Gasteiger partial charge < -0.3 is 9.15 Å². The van der Waals surface area contributed by atoms with E-state index in [0.29, 0.717) is 17.0 Å². The first-order chi connectivity index (χ1) is 10.6. The summed E-state index contributed by atoms with van der Waals surface area (Å²) in [5, 5.41) is 11.0. The van der Waals surface area contributed by atoms with Crippen molar-refractivity contribution in [1.82, 2.24) is 4.98 Å². The van der Waals surface area contributed by atoms with Crippen LogP contribution >= 0.6 is 0 Å². The average Bonchev–Trinajstić information content (AvgIpc) is 2.91.